The average Bonchev–Trinajstić information content (AvgIpc) is 3.38. The summed E-state index contributed by atoms with van der Waals surface area (Å²) in [5, 5.41) is 10.9. The summed E-state index contributed by atoms with van der Waals surface area (Å²) in [5.41, 5.74) is 1.50. The molecule has 0 bridgehead atoms. The zero-order chi connectivity index (χ0) is 24.1. The maximum atomic E-state index is 12.6. The molecule has 1 amide bonds. The first-order valence-corrected chi connectivity index (χ1v) is 10.3. The largest absolute Gasteiger partial charge is 0.490 e. The molecule has 1 spiro atoms. The number of hydrogen-bond donors (Lipinski definition) is 1. The Morgan fingerprint density at radius 1 is 1.33 bits per heavy atom. The standard InChI is InChI=1S/C19H23N3O4.C2HF3O2/c1-14-9-17(26-21-14)18(23)22-8-2-5-19(13-22)10-16(12-25-19)24-11-15-3-6-20-7-4-15;3-2(4,5)1(6)7/h3-4,6-7,9,16H,2,5,8,10-13H2,1H3;(H,6,7)/t16-,19+;/m1./s1. The molecule has 2 atom stereocenters. The van der Waals surface area contributed by atoms with Gasteiger partial charge in [-0.05, 0) is 37.5 Å². The third-order valence-corrected chi connectivity index (χ3v) is 5.32. The molecule has 0 radical (unpaired) electrons. The molecule has 33 heavy (non-hydrogen) atoms. The molecule has 2 aliphatic rings. The van der Waals surface area contributed by atoms with Crippen molar-refractivity contribution in [1.29, 1.82) is 0 Å². The third-order valence-electron chi connectivity index (χ3n) is 5.32. The van der Waals surface area contributed by atoms with Crippen molar-refractivity contribution in [3.05, 3.63) is 47.6 Å². The minimum atomic E-state index is -5.08. The van der Waals surface area contributed by atoms with Crippen molar-refractivity contribution < 1.29 is 41.9 Å². The highest BCUT2D eigenvalue weighted by Gasteiger charge is 2.45. The number of likely N-dealkylation sites (tertiary alicyclic amines) is 1. The molecule has 4 rings (SSSR count). The smallest absolute Gasteiger partial charge is 0.475 e. The second kappa shape index (κ2) is 10.3. The quantitative estimate of drug-likeness (QED) is 0.724. The van der Waals surface area contributed by atoms with Gasteiger partial charge in [0.25, 0.3) is 5.91 Å². The molecule has 180 valence electrons. The zero-order valence-electron chi connectivity index (χ0n) is 17.9. The summed E-state index contributed by atoms with van der Waals surface area (Å²) in [6.07, 6.45) is 1.16. The fourth-order valence-corrected chi connectivity index (χ4v) is 3.78. The van der Waals surface area contributed by atoms with Gasteiger partial charge in [-0.15, -0.1) is 0 Å². The van der Waals surface area contributed by atoms with E-state index in [-0.39, 0.29) is 17.6 Å². The van der Waals surface area contributed by atoms with Crippen LogP contribution in [-0.4, -0.2) is 69.6 Å². The first-order chi connectivity index (χ1) is 15.6. The number of rotatable bonds is 4. The maximum absolute atomic E-state index is 12.6. The number of carbonyl (C=O) groups excluding carboxylic acids is 1. The van der Waals surface area contributed by atoms with E-state index in [0.29, 0.717) is 37.8 Å². The summed E-state index contributed by atoms with van der Waals surface area (Å²) in [4.78, 5) is 27.4. The van der Waals surface area contributed by atoms with Gasteiger partial charge in [-0.2, -0.15) is 13.2 Å². The fourth-order valence-electron chi connectivity index (χ4n) is 3.78. The lowest BCUT2D eigenvalue weighted by Crippen LogP contribution is -2.50. The summed E-state index contributed by atoms with van der Waals surface area (Å²) in [5.74, 6) is -2.58. The van der Waals surface area contributed by atoms with Crippen LogP contribution in [-0.2, 0) is 20.9 Å². The molecule has 1 N–H and O–H groups in total. The fraction of sp³-hybridized carbons (Fsp3) is 0.524. The summed E-state index contributed by atoms with van der Waals surface area (Å²) in [6, 6.07) is 5.58. The van der Waals surface area contributed by atoms with Gasteiger partial charge < -0.3 is 24.0 Å². The number of ether oxygens (including phenoxy) is 2. The molecule has 4 heterocycles. The molecular weight excluding hydrogens is 447 g/mol. The minimum Gasteiger partial charge on any atom is -0.475 e. The van der Waals surface area contributed by atoms with Crippen LogP contribution in [0.3, 0.4) is 0 Å². The van der Waals surface area contributed by atoms with E-state index in [0.717, 1.165) is 24.8 Å². The molecule has 2 fully saturated rings. The zero-order valence-corrected chi connectivity index (χ0v) is 17.9. The molecule has 12 heteroatoms. The Morgan fingerprint density at radius 3 is 2.64 bits per heavy atom. The highest BCUT2D eigenvalue weighted by atomic mass is 19.4. The van der Waals surface area contributed by atoms with Crippen molar-refractivity contribution in [2.75, 3.05) is 19.7 Å². The molecule has 2 aromatic rings. The van der Waals surface area contributed by atoms with Crippen molar-refractivity contribution in [1.82, 2.24) is 15.0 Å². The Balaban J connectivity index is 0.000000383. The van der Waals surface area contributed by atoms with Crippen LogP contribution in [0.4, 0.5) is 13.2 Å². The van der Waals surface area contributed by atoms with Crippen molar-refractivity contribution in [3.63, 3.8) is 0 Å². The van der Waals surface area contributed by atoms with Gasteiger partial charge in [0.05, 0.1) is 37.2 Å². The van der Waals surface area contributed by atoms with E-state index >= 15 is 0 Å². The number of aryl methyl sites for hydroxylation is 1. The molecular formula is C21H24F3N3O6. The molecule has 0 aliphatic carbocycles. The number of halogens is 3. The normalized spacial score (nSPS) is 22.7. The Labute approximate surface area is 187 Å². The molecule has 2 saturated heterocycles. The number of amides is 1. The average molecular weight is 471 g/mol. The second-order valence-corrected chi connectivity index (χ2v) is 7.95. The van der Waals surface area contributed by atoms with Crippen LogP contribution in [0.5, 0.6) is 0 Å². The van der Waals surface area contributed by atoms with Crippen LogP contribution in [0.25, 0.3) is 0 Å². The van der Waals surface area contributed by atoms with Crippen molar-refractivity contribution >= 4 is 11.9 Å². The molecule has 2 aliphatic heterocycles. The Morgan fingerprint density at radius 2 is 2.03 bits per heavy atom. The van der Waals surface area contributed by atoms with Gasteiger partial charge in [0.2, 0.25) is 5.76 Å². The number of carboxylic acids is 1. The lowest BCUT2D eigenvalue weighted by atomic mass is 9.89. The van der Waals surface area contributed by atoms with Crippen molar-refractivity contribution in [3.8, 4) is 0 Å². The Bertz CT molecular complexity index is 952. The van der Waals surface area contributed by atoms with E-state index in [9.17, 15) is 18.0 Å². The van der Waals surface area contributed by atoms with Gasteiger partial charge in [-0.1, -0.05) is 5.16 Å². The van der Waals surface area contributed by atoms with E-state index in [1.807, 2.05) is 24.0 Å². The third kappa shape index (κ3) is 6.75. The number of piperidine rings is 1. The van der Waals surface area contributed by atoms with Crippen molar-refractivity contribution in [2.45, 2.75) is 50.7 Å². The van der Waals surface area contributed by atoms with Crippen LogP contribution in [0.2, 0.25) is 0 Å². The summed E-state index contributed by atoms with van der Waals surface area (Å²) >= 11 is 0. The number of aliphatic carboxylic acids is 1. The molecule has 0 unspecified atom stereocenters. The van der Waals surface area contributed by atoms with Gasteiger partial charge in [0, 0.05) is 31.4 Å². The first-order valence-electron chi connectivity index (χ1n) is 10.3. The van der Waals surface area contributed by atoms with E-state index in [1.54, 1.807) is 18.5 Å². The second-order valence-electron chi connectivity index (χ2n) is 7.95. The number of aromatic nitrogens is 2. The Kier molecular flexibility index (Phi) is 7.69. The minimum absolute atomic E-state index is 0.0470. The predicted molar refractivity (Wildman–Crippen MR) is 106 cm³/mol. The topological polar surface area (TPSA) is 115 Å². The number of nitrogens with zero attached hydrogens (tertiary/aromatic N) is 3. The van der Waals surface area contributed by atoms with Crippen LogP contribution in [0.15, 0.2) is 35.1 Å². The molecule has 9 nitrogen and oxygen atoms in total. The number of alkyl halides is 3. The van der Waals surface area contributed by atoms with Crippen molar-refractivity contribution in [2.24, 2.45) is 0 Å². The number of hydrogen-bond acceptors (Lipinski definition) is 7. The van der Waals surface area contributed by atoms with Gasteiger partial charge in [0.1, 0.15) is 0 Å². The van der Waals surface area contributed by atoms with Gasteiger partial charge in [-0.3, -0.25) is 9.78 Å². The number of carboxylic acid groups (broad SMARTS) is 1. The summed E-state index contributed by atoms with van der Waals surface area (Å²) in [6.45, 7) is 4.21. The summed E-state index contributed by atoms with van der Waals surface area (Å²) < 4.78 is 49.0. The molecule has 0 saturated carbocycles. The maximum Gasteiger partial charge on any atom is 0.490 e. The predicted octanol–water partition coefficient (Wildman–Crippen LogP) is 2.99. The highest BCUT2D eigenvalue weighted by Crippen LogP contribution is 2.36. The highest BCUT2D eigenvalue weighted by molar-refractivity contribution is 5.91. The van der Waals surface area contributed by atoms with Crippen LogP contribution < -0.4 is 0 Å². The van der Waals surface area contributed by atoms with Crippen LogP contribution in [0.1, 0.15) is 41.1 Å². The lowest BCUT2D eigenvalue weighted by molar-refractivity contribution is -0.192. The van der Waals surface area contributed by atoms with E-state index < -0.39 is 12.1 Å². The van der Waals surface area contributed by atoms with Crippen LogP contribution in [0, 0.1) is 6.92 Å². The molecule has 2 aromatic heterocycles. The molecule has 0 aromatic carbocycles. The van der Waals surface area contributed by atoms with E-state index in [4.69, 9.17) is 23.9 Å². The van der Waals surface area contributed by atoms with Gasteiger partial charge in [-0.25, -0.2) is 4.79 Å². The van der Waals surface area contributed by atoms with Gasteiger partial charge >= 0.3 is 12.1 Å². The lowest BCUT2D eigenvalue weighted by Gasteiger charge is -2.39. The first kappa shape index (κ1) is 24.6. The monoisotopic (exact) mass is 471 g/mol. The van der Waals surface area contributed by atoms with E-state index in [2.05, 4.69) is 10.1 Å². The Hall–Kier alpha value is -2.99. The number of carbonyl (C=O) groups is 2. The van der Waals surface area contributed by atoms with Gasteiger partial charge in [0.15, 0.2) is 0 Å². The van der Waals surface area contributed by atoms with Crippen LogP contribution >= 0.6 is 0 Å². The van der Waals surface area contributed by atoms with E-state index in [1.165, 1.54) is 0 Å². The number of pyridine rings is 1. The summed E-state index contributed by atoms with van der Waals surface area (Å²) in [7, 11) is 0. The SMILES string of the molecule is Cc1cc(C(=O)N2CCC[C@]3(C[C@@H](OCc4ccncc4)CO3)C2)on1.O=C(O)C(F)(F)F.